The van der Waals surface area contributed by atoms with E-state index in [1.54, 1.807) is 4.88 Å². The summed E-state index contributed by atoms with van der Waals surface area (Å²) in [6.07, 6.45) is 4.04. The first kappa shape index (κ1) is 13.6. The summed E-state index contributed by atoms with van der Waals surface area (Å²) in [5.74, 6) is 0. The van der Waals surface area contributed by atoms with Crippen molar-refractivity contribution in [2.45, 2.75) is 58.2 Å². The molecule has 19 heavy (non-hydrogen) atoms. The number of piperazine rings is 1. The molecule has 0 radical (unpaired) electrons. The van der Waals surface area contributed by atoms with Gasteiger partial charge >= 0.3 is 0 Å². The van der Waals surface area contributed by atoms with Gasteiger partial charge in [0.25, 0.3) is 0 Å². The number of hydrogen-bond acceptors (Lipinski definition) is 3. The predicted molar refractivity (Wildman–Crippen MR) is 83.0 cm³/mol. The third kappa shape index (κ3) is 2.88. The van der Waals surface area contributed by atoms with Gasteiger partial charge in [-0.25, -0.2) is 0 Å². The molecule has 2 aliphatic rings. The summed E-state index contributed by atoms with van der Waals surface area (Å²) in [6.45, 7) is 10.9. The molecule has 2 nitrogen and oxygen atoms in total. The van der Waals surface area contributed by atoms with E-state index in [4.69, 9.17) is 0 Å². The van der Waals surface area contributed by atoms with E-state index < -0.39 is 0 Å². The van der Waals surface area contributed by atoms with Crippen molar-refractivity contribution in [3.8, 4) is 0 Å². The van der Waals surface area contributed by atoms with Crippen LogP contribution in [0.4, 0.5) is 0 Å². The summed E-state index contributed by atoms with van der Waals surface area (Å²) in [7, 11) is 0. The minimum Gasteiger partial charge on any atom is -0.298 e. The highest BCUT2D eigenvalue weighted by molar-refractivity contribution is 7.11. The van der Waals surface area contributed by atoms with Crippen LogP contribution in [0.5, 0.6) is 0 Å². The minimum atomic E-state index is 0.677. The highest BCUT2D eigenvalue weighted by atomic mass is 32.1. The van der Waals surface area contributed by atoms with E-state index in [9.17, 15) is 0 Å². The van der Waals surface area contributed by atoms with Crippen LogP contribution < -0.4 is 0 Å². The zero-order valence-electron chi connectivity index (χ0n) is 12.4. The Morgan fingerprint density at radius 1 is 1.37 bits per heavy atom. The monoisotopic (exact) mass is 278 g/mol. The van der Waals surface area contributed by atoms with E-state index in [0.717, 1.165) is 6.04 Å². The Bertz CT molecular complexity index is 428. The van der Waals surface area contributed by atoms with Crippen LogP contribution in [0.3, 0.4) is 0 Å². The van der Waals surface area contributed by atoms with Gasteiger partial charge in [-0.05, 0) is 58.7 Å². The van der Waals surface area contributed by atoms with E-state index in [0.29, 0.717) is 12.1 Å². The predicted octanol–water partition coefficient (Wildman–Crippen LogP) is 3.16. The molecule has 2 saturated heterocycles. The molecule has 0 bridgehead atoms. The standard InChI is InChI=1S/C16H26N2S/c1-12(9-16-7-6-14(3)19-16)18-11-15-5-4-8-17(15)10-13(18)2/h6-7,12-13,15H,4-5,8-11H2,1-3H3. The van der Waals surface area contributed by atoms with E-state index in [1.807, 2.05) is 11.3 Å². The van der Waals surface area contributed by atoms with Crippen LogP contribution in [0.2, 0.25) is 0 Å². The molecule has 2 fully saturated rings. The fourth-order valence-electron chi connectivity index (χ4n) is 3.83. The molecule has 0 saturated carbocycles. The molecule has 0 spiro atoms. The topological polar surface area (TPSA) is 6.48 Å². The van der Waals surface area contributed by atoms with Crippen molar-refractivity contribution in [3.63, 3.8) is 0 Å². The third-order valence-electron chi connectivity index (χ3n) is 4.84. The molecule has 0 aromatic carbocycles. The van der Waals surface area contributed by atoms with Gasteiger partial charge in [-0.1, -0.05) is 0 Å². The van der Waals surface area contributed by atoms with Crippen molar-refractivity contribution in [1.29, 1.82) is 0 Å². The SMILES string of the molecule is Cc1ccc(CC(C)N2CC3CCCN3CC2C)s1. The van der Waals surface area contributed by atoms with Crippen LogP contribution >= 0.6 is 11.3 Å². The van der Waals surface area contributed by atoms with Crippen LogP contribution in [-0.2, 0) is 6.42 Å². The van der Waals surface area contributed by atoms with Crippen molar-refractivity contribution in [2.24, 2.45) is 0 Å². The van der Waals surface area contributed by atoms with Gasteiger partial charge in [0.05, 0.1) is 0 Å². The molecule has 3 heterocycles. The van der Waals surface area contributed by atoms with Gasteiger partial charge in [0.15, 0.2) is 0 Å². The lowest BCUT2D eigenvalue weighted by Crippen LogP contribution is -2.57. The molecule has 3 atom stereocenters. The van der Waals surface area contributed by atoms with Crippen LogP contribution in [0.15, 0.2) is 12.1 Å². The van der Waals surface area contributed by atoms with E-state index >= 15 is 0 Å². The van der Waals surface area contributed by atoms with Gasteiger partial charge in [-0.2, -0.15) is 0 Å². The molecule has 106 valence electrons. The summed E-state index contributed by atoms with van der Waals surface area (Å²) in [6, 6.07) is 6.79. The van der Waals surface area contributed by atoms with Gasteiger partial charge in [0.2, 0.25) is 0 Å². The molecule has 0 aliphatic carbocycles. The van der Waals surface area contributed by atoms with Gasteiger partial charge in [-0.3, -0.25) is 9.80 Å². The van der Waals surface area contributed by atoms with Crippen molar-refractivity contribution < 1.29 is 0 Å². The number of thiophene rings is 1. The number of aryl methyl sites for hydroxylation is 1. The van der Waals surface area contributed by atoms with Crippen LogP contribution in [0.1, 0.15) is 36.4 Å². The second kappa shape index (κ2) is 5.55. The first-order valence-electron chi connectivity index (χ1n) is 7.68. The van der Waals surface area contributed by atoms with E-state index in [2.05, 4.69) is 42.7 Å². The van der Waals surface area contributed by atoms with Gasteiger partial charge < -0.3 is 0 Å². The Morgan fingerprint density at radius 3 is 2.95 bits per heavy atom. The summed E-state index contributed by atoms with van der Waals surface area (Å²) < 4.78 is 0. The number of fused-ring (bicyclic) bond motifs is 1. The zero-order chi connectivity index (χ0) is 13.4. The average Bonchev–Trinajstić information content (AvgIpc) is 2.96. The van der Waals surface area contributed by atoms with Crippen molar-refractivity contribution in [1.82, 2.24) is 9.80 Å². The van der Waals surface area contributed by atoms with Crippen LogP contribution in [0, 0.1) is 6.92 Å². The second-order valence-electron chi connectivity index (χ2n) is 6.40. The highest BCUT2D eigenvalue weighted by Crippen LogP contribution is 2.27. The molecular formula is C16H26N2S. The summed E-state index contributed by atoms with van der Waals surface area (Å²) in [5.41, 5.74) is 0. The minimum absolute atomic E-state index is 0.677. The Hall–Kier alpha value is -0.380. The molecule has 0 amide bonds. The largest absolute Gasteiger partial charge is 0.298 e. The Morgan fingerprint density at radius 2 is 2.21 bits per heavy atom. The lowest BCUT2D eigenvalue weighted by atomic mass is 10.0. The number of hydrogen-bond donors (Lipinski definition) is 0. The maximum absolute atomic E-state index is 2.75. The highest BCUT2D eigenvalue weighted by Gasteiger charge is 2.36. The van der Waals surface area contributed by atoms with Crippen LogP contribution in [0.25, 0.3) is 0 Å². The van der Waals surface area contributed by atoms with Crippen molar-refractivity contribution in [2.75, 3.05) is 19.6 Å². The molecule has 1 aromatic rings. The third-order valence-corrected chi connectivity index (χ3v) is 5.87. The molecule has 0 N–H and O–H groups in total. The lowest BCUT2D eigenvalue weighted by molar-refractivity contribution is 0.0334. The normalized spacial score (nSPS) is 30.5. The number of nitrogens with zero attached hydrogens (tertiary/aromatic N) is 2. The van der Waals surface area contributed by atoms with Gasteiger partial charge in [0.1, 0.15) is 0 Å². The lowest BCUT2D eigenvalue weighted by Gasteiger charge is -2.45. The van der Waals surface area contributed by atoms with Gasteiger partial charge in [-0.15, -0.1) is 11.3 Å². The van der Waals surface area contributed by atoms with Gasteiger partial charge in [0, 0.05) is 41.0 Å². The smallest absolute Gasteiger partial charge is 0.0224 e. The maximum Gasteiger partial charge on any atom is 0.0224 e. The van der Waals surface area contributed by atoms with Crippen molar-refractivity contribution >= 4 is 11.3 Å². The fourth-order valence-corrected chi connectivity index (χ4v) is 4.84. The molecule has 2 aliphatic heterocycles. The molecular weight excluding hydrogens is 252 g/mol. The van der Waals surface area contributed by atoms with Crippen molar-refractivity contribution in [3.05, 3.63) is 21.9 Å². The van der Waals surface area contributed by atoms with E-state index in [-0.39, 0.29) is 0 Å². The Kier molecular flexibility index (Phi) is 3.97. The quantitative estimate of drug-likeness (QED) is 0.838. The maximum atomic E-state index is 2.75. The average molecular weight is 278 g/mol. The Labute approximate surface area is 121 Å². The Balaban J connectivity index is 1.63. The molecule has 3 rings (SSSR count). The summed E-state index contributed by atoms with van der Waals surface area (Å²) >= 11 is 1.96. The molecule has 3 unspecified atom stereocenters. The van der Waals surface area contributed by atoms with Crippen LogP contribution in [-0.4, -0.2) is 47.6 Å². The zero-order valence-corrected chi connectivity index (χ0v) is 13.2. The molecule has 1 aromatic heterocycles. The van der Waals surface area contributed by atoms with E-state index in [1.165, 1.54) is 43.8 Å². The number of rotatable bonds is 3. The first-order valence-corrected chi connectivity index (χ1v) is 8.50. The summed E-state index contributed by atoms with van der Waals surface area (Å²) in [5, 5.41) is 0. The second-order valence-corrected chi connectivity index (χ2v) is 7.77. The molecule has 3 heteroatoms. The first-order chi connectivity index (χ1) is 9.13. The summed E-state index contributed by atoms with van der Waals surface area (Å²) in [4.78, 5) is 8.45. The fraction of sp³-hybridized carbons (Fsp3) is 0.750.